The van der Waals surface area contributed by atoms with Gasteiger partial charge in [-0.2, -0.15) is 5.10 Å². The molecule has 0 aliphatic carbocycles. The van der Waals surface area contributed by atoms with E-state index in [4.69, 9.17) is 5.10 Å². The molecule has 0 spiro atoms. The summed E-state index contributed by atoms with van der Waals surface area (Å²) in [5, 5.41) is 8.31. The highest BCUT2D eigenvalue weighted by Crippen LogP contribution is 2.30. The van der Waals surface area contributed by atoms with Crippen LogP contribution in [0.4, 0.5) is 0 Å². The molecular formula is C22H31ClN4O. The zero-order valence-corrected chi connectivity index (χ0v) is 17.8. The smallest absolute Gasteiger partial charge is 0.257 e. The van der Waals surface area contributed by atoms with Gasteiger partial charge in [0, 0.05) is 24.7 Å². The SMILES string of the molecule is CC(C)(C)c1nn(-c2ccccc2)cc1C(=O)N1CC[C@@H]2CNC[C@@H]2CC1.Cl. The van der Waals surface area contributed by atoms with Crippen molar-refractivity contribution in [1.29, 1.82) is 0 Å². The van der Waals surface area contributed by atoms with Gasteiger partial charge in [0.15, 0.2) is 0 Å². The minimum atomic E-state index is -0.183. The number of nitrogens with one attached hydrogen (secondary N) is 1. The quantitative estimate of drug-likeness (QED) is 0.833. The lowest BCUT2D eigenvalue weighted by molar-refractivity contribution is 0.0756. The number of nitrogens with zero attached hydrogens (tertiary/aromatic N) is 3. The van der Waals surface area contributed by atoms with Crippen LogP contribution in [0, 0.1) is 11.8 Å². The van der Waals surface area contributed by atoms with Gasteiger partial charge < -0.3 is 10.2 Å². The minimum Gasteiger partial charge on any atom is -0.339 e. The van der Waals surface area contributed by atoms with E-state index in [0.29, 0.717) is 0 Å². The summed E-state index contributed by atoms with van der Waals surface area (Å²) in [7, 11) is 0. The maximum Gasteiger partial charge on any atom is 0.257 e. The van der Waals surface area contributed by atoms with Gasteiger partial charge in [0.05, 0.1) is 16.9 Å². The highest BCUT2D eigenvalue weighted by Gasteiger charge is 2.34. The topological polar surface area (TPSA) is 50.2 Å². The molecule has 1 N–H and O–H groups in total. The lowest BCUT2D eigenvalue weighted by Crippen LogP contribution is -2.34. The first kappa shape index (κ1) is 20.9. The number of para-hydroxylation sites is 1. The summed E-state index contributed by atoms with van der Waals surface area (Å²) >= 11 is 0. The monoisotopic (exact) mass is 402 g/mol. The van der Waals surface area contributed by atoms with E-state index >= 15 is 0 Å². The van der Waals surface area contributed by atoms with Crippen LogP contribution in [0.1, 0.15) is 49.7 Å². The summed E-state index contributed by atoms with van der Waals surface area (Å²) in [4.78, 5) is 15.5. The first-order chi connectivity index (χ1) is 12.9. The third-order valence-electron chi connectivity index (χ3n) is 5.98. The molecule has 5 nitrogen and oxygen atoms in total. The van der Waals surface area contributed by atoms with Crippen LogP contribution in [0.25, 0.3) is 5.69 Å². The number of carbonyl (C=O) groups excluding carboxylic acids is 1. The largest absolute Gasteiger partial charge is 0.339 e. The number of amides is 1. The molecule has 1 aromatic heterocycles. The Hall–Kier alpha value is -1.85. The van der Waals surface area contributed by atoms with Gasteiger partial charge in [0.25, 0.3) is 5.91 Å². The summed E-state index contributed by atoms with van der Waals surface area (Å²) in [6.07, 6.45) is 4.12. The molecule has 2 aliphatic rings. The molecule has 4 rings (SSSR count). The summed E-state index contributed by atoms with van der Waals surface area (Å²) < 4.78 is 1.85. The average molecular weight is 403 g/mol. The van der Waals surface area contributed by atoms with Crippen molar-refractivity contribution in [1.82, 2.24) is 20.0 Å². The van der Waals surface area contributed by atoms with E-state index in [1.165, 1.54) is 0 Å². The van der Waals surface area contributed by atoms with Gasteiger partial charge in [-0.1, -0.05) is 39.0 Å². The van der Waals surface area contributed by atoms with Gasteiger partial charge in [-0.25, -0.2) is 4.68 Å². The van der Waals surface area contributed by atoms with Crippen molar-refractivity contribution in [2.24, 2.45) is 11.8 Å². The molecule has 0 unspecified atom stereocenters. The Labute approximate surface area is 173 Å². The van der Waals surface area contributed by atoms with Crippen LogP contribution in [-0.4, -0.2) is 46.8 Å². The lowest BCUT2D eigenvalue weighted by Gasteiger charge is -2.23. The van der Waals surface area contributed by atoms with Gasteiger partial charge in [-0.3, -0.25) is 4.79 Å². The van der Waals surface area contributed by atoms with Crippen LogP contribution in [0.5, 0.6) is 0 Å². The molecule has 2 saturated heterocycles. The third-order valence-corrected chi connectivity index (χ3v) is 5.98. The van der Waals surface area contributed by atoms with Crippen LogP contribution < -0.4 is 5.32 Å². The summed E-state index contributed by atoms with van der Waals surface area (Å²) in [6.45, 7) is 10.3. The van der Waals surface area contributed by atoms with Gasteiger partial charge in [0.1, 0.15) is 0 Å². The number of carbonyl (C=O) groups is 1. The van der Waals surface area contributed by atoms with Crippen molar-refractivity contribution in [3.05, 3.63) is 47.8 Å². The van der Waals surface area contributed by atoms with Gasteiger partial charge >= 0.3 is 0 Å². The van der Waals surface area contributed by atoms with E-state index in [0.717, 1.165) is 67.8 Å². The molecule has 2 aliphatic heterocycles. The number of likely N-dealkylation sites (tertiary alicyclic amines) is 1. The standard InChI is InChI=1S/C22H30N4O.ClH/c1-22(2,3)20-19(15-26(24-20)18-7-5-4-6-8-18)21(27)25-11-9-16-13-23-14-17(16)10-12-25;/h4-8,15-17,23H,9-14H2,1-3H3;1H/t16-,17+;. The molecule has 1 amide bonds. The molecule has 2 aromatic rings. The van der Waals surface area contributed by atoms with Crippen LogP contribution >= 0.6 is 12.4 Å². The van der Waals surface area contributed by atoms with Crippen molar-refractivity contribution >= 4 is 18.3 Å². The number of fused-ring (bicyclic) bond motifs is 1. The highest BCUT2D eigenvalue weighted by molar-refractivity contribution is 5.95. The van der Waals surface area contributed by atoms with Crippen molar-refractivity contribution in [3.8, 4) is 5.69 Å². The molecule has 0 radical (unpaired) electrons. The normalized spacial score (nSPS) is 22.3. The maximum absolute atomic E-state index is 13.4. The Bertz CT molecular complexity index is 798. The summed E-state index contributed by atoms with van der Waals surface area (Å²) in [5.74, 6) is 1.57. The van der Waals surface area contributed by atoms with E-state index in [-0.39, 0.29) is 23.7 Å². The predicted molar refractivity (Wildman–Crippen MR) is 114 cm³/mol. The van der Waals surface area contributed by atoms with Crippen LogP contribution in [0.3, 0.4) is 0 Å². The Morgan fingerprint density at radius 1 is 1.07 bits per heavy atom. The van der Waals surface area contributed by atoms with Crippen molar-refractivity contribution in [2.45, 2.75) is 39.0 Å². The van der Waals surface area contributed by atoms with Gasteiger partial charge in [-0.05, 0) is 49.9 Å². The second-order valence-corrected chi connectivity index (χ2v) is 8.97. The fraction of sp³-hybridized carbons (Fsp3) is 0.545. The molecule has 28 heavy (non-hydrogen) atoms. The van der Waals surface area contributed by atoms with E-state index in [2.05, 4.69) is 31.0 Å². The predicted octanol–water partition coefficient (Wildman–Crippen LogP) is 3.66. The molecule has 2 fully saturated rings. The van der Waals surface area contributed by atoms with E-state index in [9.17, 15) is 4.79 Å². The Morgan fingerprint density at radius 3 is 2.25 bits per heavy atom. The molecular weight excluding hydrogens is 372 g/mol. The summed E-state index contributed by atoms with van der Waals surface area (Å²) in [5.41, 5.74) is 2.43. The number of aromatic nitrogens is 2. The summed E-state index contributed by atoms with van der Waals surface area (Å²) in [6, 6.07) is 10.0. The first-order valence-electron chi connectivity index (χ1n) is 10.1. The molecule has 0 bridgehead atoms. The fourth-order valence-corrected chi connectivity index (χ4v) is 4.39. The zero-order chi connectivity index (χ0) is 19.0. The second-order valence-electron chi connectivity index (χ2n) is 8.97. The molecule has 6 heteroatoms. The molecule has 152 valence electrons. The Kier molecular flexibility index (Phi) is 6.15. The molecule has 0 saturated carbocycles. The Morgan fingerprint density at radius 2 is 1.68 bits per heavy atom. The highest BCUT2D eigenvalue weighted by atomic mass is 35.5. The zero-order valence-electron chi connectivity index (χ0n) is 17.0. The second kappa shape index (κ2) is 8.26. The van der Waals surface area contributed by atoms with Gasteiger partial charge in [-0.15, -0.1) is 12.4 Å². The van der Waals surface area contributed by atoms with Crippen LogP contribution in [0.15, 0.2) is 36.5 Å². The van der Waals surface area contributed by atoms with E-state index in [1.54, 1.807) is 0 Å². The number of rotatable bonds is 2. The molecule has 2 atom stereocenters. The van der Waals surface area contributed by atoms with Crippen LogP contribution in [0.2, 0.25) is 0 Å². The van der Waals surface area contributed by atoms with E-state index in [1.807, 2.05) is 41.2 Å². The maximum atomic E-state index is 13.4. The van der Waals surface area contributed by atoms with Crippen molar-refractivity contribution < 1.29 is 4.79 Å². The van der Waals surface area contributed by atoms with Crippen molar-refractivity contribution in [3.63, 3.8) is 0 Å². The van der Waals surface area contributed by atoms with Gasteiger partial charge in [0.2, 0.25) is 0 Å². The molecule has 3 heterocycles. The lowest BCUT2D eigenvalue weighted by atomic mass is 9.89. The fourth-order valence-electron chi connectivity index (χ4n) is 4.39. The van der Waals surface area contributed by atoms with E-state index < -0.39 is 0 Å². The number of hydrogen-bond acceptors (Lipinski definition) is 3. The Balaban J connectivity index is 0.00000225. The molecule has 1 aromatic carbocycles. The number of benzene rings is 1. The minimum absolute atomic E-state index is 0. The average Bonchev–Trinajstić information content (AvgIpc) is 3.25. The first-order valence-corrected chi connectivity index (χ1v) is 10.1. The van der Waals surface area contributed by atoms with Crippen molar-refractivity contribution in [2.75, 3.05) is 26.2 Å². The third kappa shape index (κ3) is 4.11. The number of hydrogen-bond donors (Lipinski definition) is 1. The van der Waals surface area contributed by atoms with Crippen LogP contribution in [-0.2, 0) is 5.41 Å². The number of halogens is 1.